The van der Waals surface area contributed by atoms with Gasteiger partial charge in [-0.3, -0.25) is 4.99 Å². The fourth-order valence-electron chi connectivity index (χ4n) is 1.05. The van der Waals surface area contributed by atoms with E-state index in [2.05, 4.69) is 40.7 Å². The van der Waals surface area contributed by atoms with Crippen LogP contribution in [0.5, 0.6) is 0 Å². The second-order valence-electron chi connectivity index (χ2n) is 2.52. The van der Waals surface area contributed by atoms with Gasteiger partial charge in [0.1, 0.15) is 0 Å². The minimum atomic E-state index is 0.837. The predicted octanol–water partition coefficient (Wildman–Crippen LogP) is 2.77. The summed E-state index contributed by atoms with van der Waals surface area (Å²) in [7, 11) is 0. The number of thiophene rings is 1. The summed E-state index contributed by atoms with van der Waals surface area (Å²) >= 11 is 1.74. The van der Waals surface area contributed by atoms with E-state index in [4.69, 9.17) is 0 Å². The molecule has 0 aromatic carbocycles. The van der Waals surface area contributed by atoms with E-state index in [1.165, 1.54) is 4.88 Å². The molecule has 0 radical (unpaired) electrons. The maximum atomic E-state index is 4.26. The van der Waals surface area contributed by atoms with Crippen molar-refractivity contribution in [3.8, 4) is 0 Å². The summed E-state index contributed by atoms with van der Waals surface area (Å²) in [5.41, 5.74) is 1.07. The Kier molecular flexibility index (Phi) is 2.19. The number of hydrogen-bond donors (Lipinski definition) is 0. The first-order chi connectivity index (χ1) is 5.95. The standard InChI is InChI=1S/C10H9NS/c1-3-9(11-7-1)5-6-10-4-2-8-12-10/h1-6,8H,7H2/b6-5+. The Hall–Kier alpha value is -1.15. The van der Waals surface area contributed by atoms with Gasteiger partial charge in [0.25, 0.3) is 0 Å². The molecule has 0 spiro atoms. The topological polar surface area (TPSA) is 12.4 Å². The van der Waals surface area contributed by atoms with Crippen molar-refractivity contribution in [1.82, 2.24) is 0 Å². The van der Waals surface area contributed by atoms with Crippen molar-refractivity contribution >= 4 is 23.1 Å². The second kappa shape index (κ2) is 3.50. The normalized spacial score (nSPS) is 15.8. The average molecular weight is 175 g/mol. The first kappa shape index (κ1) is 7.50. The lowest BCUT2D eigenvalue weighted by atomic mass is 10.3. The number of nitrogens with zero attached hydrogens (tertiary/aromatic N) is 1. The highest BCUT2D eigenvalue weighted by atomic mass is 32.1. The van der Waals surface area contributed by atoms with Crippen LogP contribution in [0.25, 0.3) is 6.08 Å². The monoisotopic (exact) mass is 175 g/mol. The van der Waals surface area contributed by atoms with Crippen LogP contribution in [0.4, 0.5) is 0 Å². The van der Waals surface area contributed by atoms with Crippen LogP contribution in [0.3, 0.4) is 0 Å². The molecule has 0 saturated carbocycles. The quantitative estimate of drug-likeness (QED) is 0.655. The third-order valence-corrected chi connectivity index (χ3v) is 2.47. The summed E-state index contributed by atoms with van der Waals surface area (Å²) in [6.07, 6.45) is 8.26. The van der Waals surface area contributed by atoms with E-state index in [1.807, 2.05) is 6.08 Å². The van der Waals surface area contributed by atoms with Crippen molar-refractivity contribution in [3.05, 3.63) is 40.6 Å². The summed E-state index contributed by atoms with van der Waals surface area (Å²) in [5, 5.41) is 2.08. The molecule has 0 saturated heterocycles. The Morgan fingerprint density at radius 1 is 1.42 bits per heavy atom. The molecular formula is C10H9NS. The predicted molar refractivity (Wildman–Crippen MR) is 54.8 cm³/mol. The van der Waals surface area contributed by atoms with Crippen LogP contribution in [0.1, 0.15) is 4.88 Å². The Balaban J connectivity index is 2.07. The lowest BCUT2D eigenvalue weighted by Crippen LogP contribution is -1.80. The highest BCUT2D eigenvalue weighted by Gasteiger charge is 1.93. The van der Waals surface area contributed by atoms with Crippen LogP contribution in [0.15, 0.2) is 40.7 Å². The minimum Gasteiger partial charge on any atom is -0.281 e. The van der Waals surface area contributed by atoms with Crippen LogP contribution >= 0.6 is 11.3 Å². The molecule has 60 valence electrons. The van der Waals surface area contributed by atoms with Crippen molar-refractivity contribution in [2.24, 2.45) is 4.99 Å². The van der Waals surface area contributed by atoms with Gasteiger partial charge in [0.15, 0.2) is 0 Å². The van der Waals surface area contributed by atoms with Gasteiger partial charge < -0.3 is 0 Å². The molecule has 1 aromatic heterocycles. The fraction of sp³-hybridized carbons (Fsp3) is 0.100. The Labute approximate surface area is 75.8 Å². The van der Waals surface area contributed by atoms with E-state index in [-0.39, 0.29) is 0 Å². The lowest BCUT2D eigenvalue weighted by molar-refractivity contribution is 1.29. The summed E-state index contributed by atoms with van der Waals surface area (Å²) in [6.45, 7) is 0.837. The molecule has 0 atom stereocenters. The SMILES string of the molecule is C1=CC(/C=C/c2cccs2)=NC1. The molecule has 2 rings (SSSR count). The minimum absolute atomic E-state index is 0.837. The van der Waals surface area contributed by atoms with Gasteiger partial charge in [-0.05, 0) is 29.7 Å². The molecule has 1 aromatic rings. The molecule has 2 heteroatoms. The Morgan fingerprint density at radius 2 is 2.42 bits per heavy atom. The molecule has 12 heavy (non-hydrogen) atoms. The van der Waals surface area contributed by atoms with E-state index in [0.29, 0.717) is 0 Å². The zero-order valence-electron chi connectivity index (χ0n) is 6.60. The van der Waals surface area contributed by atoms with E-state index in [0.717, 1.165) is 12.3 Å². The van der Waals surface area contributed by atoms with Crippen molar-refractivity contribution in [2.45, 2.75) is 0 Å². The van der Waals surface area contributed by atoms with Gasteiger partial charge in [-0.1, -0.05) is 12.1 Å². The number of rotatable bonds is 2. The summed E-state index contributed by atoms with van der Waals surface area (Å²) in [6, 6.07) is 4.15. The van der Waals surface area contributed by atoms with Crippen molar-refractivity contribution < 1.29 is 0 Å². The van der Waals surface area contributed by atoms with Crippen LogP contribution in [-0.4, -0.2) is 12.3 Å². The van der Waals surface area contributed by atoms with Gasteiger partial charge in [-0.25, -0.2) is 0 Å². The molecule has 0 unspecified atom stereocenters. The van der Waals surface area contributed by atoms with Gasteiger partial charge in [0.05, 0.1) is 12.3 Å². The van der Waals surface area contributed by atoms with E-state index < -0.39 is 0 Å². The maximum Gasteiger partial charge on any atom is 0.0581 e. The van der Waals surface area contributed by atoms with Gasteiger partial charge >= 0.3 is 0 Å². The molecule has 2 heterocycles. The summed E-state index contributed by atoms with van der Waals surface area (Å²) in [4.78, 5) is 5.53. The van der Waals surface area contributed by atoms with Crippen molar-refractivity contribution in [3.63, 3.8) is 0 Å². The number of allylic oxidation sites excluding steroid dienone is 2. The summed E-state index contributed by atoms with van der Waals surface area (Å²) < 4.78 is 0. The molecule has 1 aliphatic rings. The third kappa shape index (κ3) is 1.71. The molecule has 1 aliphatic heterocycles. The number of aliphatic imine (C=N–C) groups is 1. The Morgan fingerprint density at radius 3 is 3.08 bits per heavy atom. The molecule has 0 N–H and O–H groups in total. The van der Waals surface area contributed by atoms with E-state index in [1.54, 1.807) is 11.3 Å². The highest BCUT2D eigenvalue weighted by molar-refractivity contribution is 7.10. The molecule has 0 bridgehead atoms. The number of hydrogen-bond acceptors (Lipinski definition) is 2. The fourth-order valence-corrected chi connectivity index (χ4v) is 1.66. The van der Waals surface area contributed by atoms with Gasteiger partial charge in [0, 0.05) is 4.88 Å². The Bertz CT molecular complexity index is 331. The molecule has 0 aliphatic carbocycles. The summed E-state index contributed by atoms with van der Waals surface area (Å²) in [5.74, 6) is 0. The smallest absolute Gasteiger partial charge is 0.0581 e. The van der Waals surface area contributed by atoms with Crippen molar-refractivity contribution in [2.75, 3.05) is 6.54 Å². The van der Waals surface area contributed by atoms with Crippen LogP contribution in [0.2, 0.25) is 0 Å². The molecular weight excluding hydrogens is 166 g/mol. The van der Waals surface area contributed by atoms with Gasteiger partial charge in [-0.2, -0.15) is 0 Å². The molecule has 0 amide bonds. The molecule has 1 nitrogen and oxygen atoms in total. The van der Waals surface area contributed by atoms with E-state index in [9.17, 15) is 0 Å². The van der Waals surface area contributed by atoms with E-state index >= 15 is 0 Å². The third-order valence-electron chi connectivity index (χ3n) is 1.63. The first-order valence-electron chi connectivity index (χ1n) is 3.88. The van der Waals surface area contributed by atoms with Crippen molar-refractivity contribution in [1.29, 1.82) is 0 Å². The van der Waals surface area contributed by atoms with Gasteiger partial charge in [0.2, 0.25) is 0 Å². The maximum absolute atomic E-state index is 4.26. The zero-order valence-corrected chi connectivity index (χ0v) is 7.42. The zero-order chi connectivity index (χ0) is 8.23. The lowest BCUT2D eigenvalue weighted by Gasteiger charge is -1.84. The second-order valence-corrected chi connectivity index (χ2v) is 3.50. The first-order valence-corrected chi connectivity index (χ1v) is 4.76. The van der Waals surface area contributed by atoms with Gasteiger partial charge in [-0.15, -0.1) is 11.3 Å². The van der Waals surface area contributed by atoms with Crippen LogP contribution < -0.4 is 0 Å². The molecule has 0 fully saturated rings. The van der Waals surface area contributed by atoms with Crippen LogP contribution in [-0.2, 0) is 0 Å². The highest BCUT2D eigenvalue weighted by Crippen LogP contribution is 2.10. The average Bonchev–Trinajstić information content (AvgIpc) is 2.74. The largest absolute Gasteiger partial charge is 0.281 e. The van der Waals surface area contributed by atoms with Crippen LogP contribution in [0, 0.1) is 0 Å².